The van der Waals surface area contributed by atoms with E-state index in [4.69, 9.17) is 11.6 Å². The zero-order valence-corrected chi connectivity index (χ0v) is 14.2. The molecular weight excluding hydrogens is 326 g/mol. The molecular formula is C18H18ClN3O2. The van der Waals surface area contributed by atoms with Crippen molar-refractivity contribution < 1.29 is 5.11 Å². The third-order valence-electron chi connectivity index (χ3n) is 4.10. The fourth-order valence-corrected chi connectivity index (χ4v) is 2.80. The Bertz CT molecular complexity index is 939. The van der Waals surface area contributed by atoms with E-state index in [2.05, 4.69) is 9.88 Å². The van der Waals surface area contributed by atoms with Gasteiger partial charge in [-0.25, -0.2) is 4.98 Å². The van der Waals surface area contributed by atoms with Crippen molar-refractivity contribution in [3.05, 3.63) is 75.3 Å². The third kappa shape index (κ3) is 3.42. The highest BCUT2D eigenvalue weighted by atomic mass is 35.5. The molecule has 1 N–H and O–H groups in total. The minimum atomic E-state index is -0.157. The summed E-state index contributed by atoms with van der Waals surface area (Å²) < 4.78 is 1.44. The highest BCUT2D eigenvalue weighted by Crippen LogP contribution is 2.23. The van der Waals surface area contributed by atoms with E-state index in [9.17, 15) is 9.90 Å². The van der Waals surface area contributed by atoms with Crippen molar-refractivity contribution in [3.8, 4) is 5.75 Å². The number of aromatic hydroxyl groups is 1. The fraction of sp³-hybridized carbons (Fsp3) is 0.222. The molecule has 0 saturated carbocycles. The molecule has 1 atom stereocenters. The number of rotatable bonds is 4. The van der Waals surface area contributed by atoms with Gasteiger partial charge in [-0.15, -0.1) is 0 Å². The highest BCUT2D eigenvalue weighted by molar-refractivity contribution is 6.30. The average molecular weight is 344 g/mol. The summed E-state index contributed by atoms with van der Waals surface area (Å²) in [5, 5.41) is 10.1. The van der Waals surface area contributed by atoms with Crippen LogP contribution in [0.3, 0.4) is 0 Å². The van der Waals surface area contributed by atoms with Gasteiger partial charge in [0.1, 0.15) is 11.4 Å². The van der Waals surface area contributed by atoms with Crippen LogP contribution in [0.15, 0.2) is 53.5 Å². The Morgan fingerprint density at radius 3 is 2.83 bits per heavy atom. The van der Waals surface area contributed by atoms with Gasteiger partial charge in [0.05, 0.1) is 10.7 Å². The first-order valence-corrected chi connectivity index (χ1v) is 7.99. The quantitative estimate of drug-likeness (QED) is 0.790. The lowest BCUT2D eigenvalue weighted by atomic mass is 10.1. The summed E-state index contributed by atoms with van der Waals surface area (Å²) in [6, 6.07) is 12.2. The summed E-state index contributed by atoms with van der Waals surface area (Å²) in [4.78, 5) is 18.8. The number of fused-ring (bicyclic) bond motifs is 1. The molecule has 3 rings (SSSR count). The Kier molecular flexibility index (Phi) is 4.55. The minimum Gasteiger partial charge on any atom is -0.508 e. The molecule has 1 unspecified atom stereocenters. The summed E-state index contributed by atoms with van der Waals surface area (Å²) in [6.07, 6.45) is 1.56. The summed E-state index contributed by atoms with van der Waals surface area (Å²) in [5.41, 5.74) is 2.11. The van der Waals surface area contributed by atoms with Gasteiger partial charge in [-0.3, -0.25) is 14.1 Å². The van der Waals surface area contributed by atoms with Crippen LogP contribution in [-0.4, -0.2) is 26.4 Å². The zero-order valence-electron chi connectivity index (χ0n) is 13.5. The van der Waals surface area contributed by atoms with Crippen LogP contribution in [0.1, 0.15) is 24.2 Å². The molecule has 24 heavy (non-hydrogen) atoms. The van der Waals surface area contributed by atoms with Gasteiger partial charge in [0.2, 0.25) is 0 Å². The molecule has 5 nitrogen and oxygen atoms in total. The molecule has 1 aromatic carbocycles. The lowest BCUT2D eigenvalue weighted by Crippen LogP contribution is -2.24. The van der Waals surface area contributed by atoms with Crippen LogP contribution in [0.25, 0.3) is 5.65 Å². The van der Waals surface area contributed by atoms with E-state index in [1.165, 1.54) is 10.5 Å². The predicted octanol–water partition coefficient (Wildman–Crippen LogP) is 3.25. The van der Waals surface area contributed by atoms with Crippen LogP contribution in [0, 0.1) is 0 Å². The number of hydrogen-bond donors (Lipinski definition) is 1. The van der Waals surface area contributed by atoms with Crippen molar-refractivity contribution in [1.82, 2.24) is 14.3 Å². The van der Waals surface area contributed by atoms with Gasteiger partial charge in [-0.1, -0.05) is 23.7 Å². The molecule has 0 fully saturated rings. The summed E-state index contributed by atoms with van der Waals surface area (Å²) in [5.74, 6) is 0.242. The number of phenolic OH excluding ortho intramolecular Hbond substituents is 1. The number of aromatic nitrogens is 2. The monoisotopic (exact) mass is 343 g/mol. The predicted molar refractivity (Wildman–Crippen MR) is 94.5 cm³/mol. The van der Waals surface area contributed by atoms with Crippen LogP contribution in [0.2, 0.25) is 5.02 Å². The first-order chi connectivity index (χ1) is 11.4. The molecule has 124 valence electrons. The first-order valence-electron chi connectivity index (χ1n) is 7.61. The van der Waals surface area contributed by atoms with E-state index in [1.54, 1.807) is 30.5 Å². The summed E-state index contributed by atoms with van der Waals surface area (Å²) in [6.45, 7) is 2.56. The first kappa shape index (κ1) is 16.5. The van der Waals surface area contributed by atoms with Gasteiger partial charge in [-0.2, -0.15) is 0 Å². The summed E-state index contributed by atoms with van der Waals surface area (Å²) in [7, 11) is 1.96. The molecule has 6 heteroatoms. The van der Waals surface area contributed by atoms with Gasteiger partial charge >= 0.3 is 0 Å². The Labute approximate surface area is 144 Å². The number of pyridine rings is 1. The van der Waals surface area contributed by atoms with Gasteiger partial charge in [0.15, 0.2) is 0 Å². The van der Waals surface area contributed by atoms with Crippen molar-refractivity contribution in [1.29, 1.82) is 0 Å². The molecule has 0 aliphatic heterocycles. The van der Waals surface area contributed by atoms with Crippen LogP contribution in [0.5, 0.6) is 5.75 Å². The number of hydrogen-bond acceptors (Lipinski definition) is 4. The lowest BCUT2D eigenvalue weighted by molar-refractivity contribution is 0.249. The molecule has 2 aromatic heterocycles. The normalized spacial score (nSPS) is 12.7. The lowest BCUT2D eigenvalue weighted by Gasteiger charge is -2.24. The van der Waals surface area contributed by atoms with Gasteiger partial charge in [-0.05, 0) is 43.8 Å². The van der Waals surface area contributed by atoms with E-state index >= 15 is 0 Å². The molecule has 3 aromatic rings. The van der Waals surface area contributed by atoms with Crippen LogP contribution in [0.4, 0.5) is 0 Å². The maximum absolute atomic E-state index is 12.2. The Balaban J connectivity index is 1.86. The molecule has 0 aliphatic carbocycles. The zero-order chi connectivity index (χ0) is 17.3. The second-order valence-corrected chi connectivity index (χ2v) is 6.28. The van der Waals surface area contributed by atoms with Crippen molar-refractivity contribution >= 4 is 17.2 Å². The maximum Gasteiger partial charge on any atom is 0.258 e. The molecule has 0 saturated heterocycles. The minimum absolute atomic E-state index is 0.0718. The Hall–Kier alpha value is -2.37. The SMILES string of the molecule is CC(c1cccc(O)c1)N(C)Cc1cc(=O)n2cc(Cl)ccc2n1. The van der Waals surface area contributed by atoms with Crippen LogP contribution < -0.4 is 5.56 Å². The largest absolute Gasteiger partial charge is 0.508 e. The van der Waals surface area contributed by atoms with Crippen molar-refractivity contribution in [2.45, 2.75) is 19.5 Å². The van der Waals surface area contributed by atoms with Gasteiger partial charge in [0.25, 0.3) is 5.56 Å². The van der Waals surface area contributed by atoms with Crippen molar-refractivity contribution in [2.75, 3.05) is 7.05 Å². The molecule has 0 spiro atoms. The number of halogens is 1. The van der Waals surface area contributed by atoms with Crippen molar-refractivity contribution in [3.63, 3.8) is 0 Å². The molecule has 2 heterocycles. The fourth-order valence-electron chi connectivity index (χ4n) is 2.64. The Morgan fingerprint density at radius 2 is 2.08 bits per heavy atom. The van der Waals surface area contributed by atoms with Crippen molar-refractivity contribution in [2.24, 2.45) is 0 Å². The Morgan fingerprint density at radius 1 is 1.29 bits per heavy atom. The standard InChI is InChI=1S/C18H18ClN3O2/c1-12(13-4-3-5-16(23)8-13)21(2)11-15-9-18(24)22-10-14(19)6-7-17(22)20-15/h3-10,12,23H,11H2,1-2H3. The molecule has 0 aliphatic rings. The number of benzene rings is 1. The number of nitrogens with zero attached hydrogens (tertiary/aromatic N) is 3. The summed E-state index contributed by atoms with van der Waals surface area (Å²) >= 11 is 5.92. The molecule has 0 bridgehead atoms. The van der Waals surface area contributed by atoms with Gasteiger partial charge in [0, 0.05) is 24.8 Å². The van der Waals surface area contributed by atoms with E-state index in [-0.39, 0.29) is 17.4 Å². The maximum atomic E-state index is 12.2. The highest BCUT2D eigenvalue weighted by Gasteiger charge is 2.14. The third-order valence-corrected chi connectivity index (χ3v) is 4.33. The number of phenols is 1. The van der Waals surface area contributed by atoms with E-state index < -0.39 is 0 Å². The van der Waals surface area contributed by atoms with E-state index in [0.29, 0.717) is 22.9 Å². The van der Waals surface area contributed by atoms with E-state index in [0.717, 1.165) is 5.56 Å². The second kappa shape index (κ2) is 6.63. The average Bonchev–Trinajstić information content (AvgIpc) is 2.55. The van der Waals surface area contributed by atoms with Crippen LogP contribution in [-0.2, 0) is 6.54 Å². The molecule has 0 radical (unpaired) electrons. The molecule has 0 amide bonds. The van der Waals surface area contributed by atoms with Gasteiger partial charge < -0.3 is 5.11 Å². The van der Waals surface area contributed by atoms with Crippen LogP contribution >= 0.6 is 11.6 Å². The topological polar surface area (TPSA) is 57.8 Å². The van der Waals surface area contributed by atoms with E-state index in [1.807, 2.05) is 26.1 Å². The smallest absolute Gasteiger partial charge is 0.258 e. The second-order valence-electron chi connectivity index (χ2n) is 5.85.